The Bertz CT molecular complexity index is 1110. The molecule has 0 nitrogen and oxygen atoms in total. The average Bonchev–Trinajstić information content (AvgIpc) is 3.91. The van der Waals surface area contributed by atoms with Crippen LogP contribution >= 0.6 is 0 Å². The van der Waals surface area contributed by atoms with E-state index in [0.29, 0.717) is 0 Å². The van der Waals surface area contributed by atoms with Gasteiger partial charge in [-0.3, -0.25) is 24.3 Å². The summed E-state index contributed by atoms with van der Waals surface area (Å²) in [6.45, 7) is 6.81. The molecule has 0 aliphatic heterocycles. The van der Waals surface area contributed by atoms with Crippen molar-refractivity contribution in [2.45, 2.75) is 45.3 Å². The van der Waals surface area contributed by atoms with Crippen molar-refractivity contribution in [1.82, 2.24) is 0 Å². The first-order chi connectivity index (χ1) is 21.2. The summed E-state index contributed by atoms with van der Waals surface area (Å²) >= 11 is 0. The van der Waals surface area contributed by atoms with Crippen LogP contribution in [0.5, 0.6) is 0 Å². The van der Waals surface area contributed by atoms with Crippen molar-refractivity contribution in [3.05, 3.63) is 203 Å². The summed E-state index contributed by atoms with van der Waals surface area (Å²) in [5, 5.41) is 4.31. The average molecular weight is 805 g/mol. The Balaban J connectivity index is -0.000000570. The van der Waals surface area contributed by atoms with Gasteiger partial charge >= 0.3 is 52.4 Å². The molecular weight excluding hydrogens is 755 g/mol. The Morgan fingerprint density at radius 2 is 0.617 bits per heavy atom. The SMILES string of the molecule is C[Si](C)C.[C-]1=CC=CC1.[C-]1=CC=CC1.[C-]1=CC=CC1.[C-]1=CC=CC1.[CH3-].[CH3-].[Zr+3].[Zr+3].c1ccc([Si](c2ccccc2)c2ccccc2)cc1. The van der Waals surface area contributed by atoms with Crippen LogP contribution < -0.4 is 15.6 Å². The summed E-state index contributed by atoms with van der Waals surface area (Å²) in [5.41, 5.74) is 0. The van der Waals surface area contributed by atoms with Gasteiger partial charge in [0.25, 0.3) is 0 Å². The molecule has 0 unspecified atom stereocenters. The molecular formula is C43H50Si2Zr2. The molecule has 4 aliphatic carbocycles. The summed E-state index contributed by atoms with van der Waals surface area (Å²) in [7, 11) is -0.757. The van der Waals surface area contributed by atoms with Gasteiger partial charge in [0.2, 0.25) is 0 Å². The fourth-order valence-corrected chi connectivity index (χ4v) is 6.25. The molecule has 0 spiro atoms. The molecule has 7 rings (SSSR count). The molecule has 0 bridgehead atoms. The van der Waals surface area contributed by atoms with Crippen LogP contribution in [-0.4, -0.2) is 17.6 Å². The van der Waals surface area contributed by atoms with Crippen LogP contribution in [0.3, 0.4) is 0 Å². The Kier molecular flexibility index (Phi) is 36.7. The van der Waals surface area contributed by atoms with Gasteiger partial charge in [0.05, 0.1) is 0 Å². The Morgan fingerprint density at radius 1 is 0.404 bits per heavy atom. The molecule has 4 heteroatoms. The van der Waals surface area contributed by atoms with E-state index < -0.39 is 8.80 Å². The van der Waals surface area contributed by atoms with Crippen LogP contribution in [0.1, 0.15) is 25.7 Å². The van der Waals surface area contributed by atoms with Gasteiger partial charge in [0.15, 0.2) is 8.80 Å². The molecule has 0 fully saturated rings. The standard InChI is InChI=1S/C18H15Si.4C5H5.C3H9Si.2CH3.2Zr/c1-4-10-16(11-5-1)19(17-12-6-2-7-13-17)18-14-8-3-9-15-18;4*1-2-4-5-3-1;1-4(2)3;;;;/h1-15H;4*1-3H,4H2;1-3H3;2*1H3;;/q;4*-1;;2*-1;2*+3. The van der Waals surface area contributed by atoms with E-state index in [-0.39, 0.29) is 76.1 Å². The summed E-state index contributed by atoms with van der Waals surface area (Å²) in [6, 6.07) is 32.5. The van der Waals surface area contributed by atoms with Crippen molar-refractivity contribution in [2.75, 3.05) is 0 Å². The molecule has 4 radical (unpaired) electrons. The maximum Gasteiger partial charge on any atom is 3.00 e. The molecule has 0 N–H and O–H groups in total. The van der Waals surface area contributed by atoms with Crippen LogP contribution in [0, 0.1) is 39.2 Å². The van der Waals surface area contributed by atoms with Crippen molar-refractivity contribution in [3.8, 4) is 0 Å². The van der Waals surface area contributed by atoms with Crippen LogP contribution in [0.2, 0.25) is 19.6 Å². The molecule has 0 atom stereocenters. The predicted molar refractivity (Wildman–Crippen MR) is 206 cm³/mol. The minimum Gasteiger partial charge on any atom is -0.358 e. The number of hydrogen-bond acceptors (Lipinski definition) is 0. The third kappa shape index (κ3) is 26.4. The maximum absolute atomic E-state index is 2.99. The minimum atomic E-state index is -0.877. The van der Waals surface area contributed by atoms with E-state index in [0.717, 1.165) is 25.7 Å². The fourth-order valence-electron chi connectivity index (χ4n) is 3.68. The van der Waals surface area contributed by atoms with Crippen LogP contribution in [0.4, 0.5) is 0 Å². The molecule has 0 amide bonds. The second kappa shape index (κ2) is 35.1. The second-order valence-electron chi connectivity index (χ2n) is 9.99. The number of hydrogen-bond donors (Lipinski definition) is 0. The molecule has 3 aromatic rings. The van der Waals surface area contributed by atoms with Gasteiger partial charge in [-0.1, -0.05) is 126 Å². The third-order valence-corrected chi connectivity index (χ3v) is 8.26. The molecule has 47 heavy (non-hydrogen) atoms. The number of rotatable bonds is 3. The fraction of sp³-hybridized carbons (Fsp3) is 0.163. The zero-order valence-corrected chi connectivity index (χ0v) is 35.8. The molecule has 4 aliphatic rings. The normalized spacial score (nSPS) is 12.5. The molecule has 0 aromatic heterocycles. The zero-order valence-electron chi connectivity index (χ0n) is 28.9. The van der Waals surface area contributed by atoms with Gasteiger partial charge < -0.3 is 14.9 Å². The molecule has 0 saturated heterocycles. The Labute approximate surface area is 331 Å². The second-order valence-corrected chi connectivity index (χ2v) is 15.5. The van der Waals surface area contributed by atoms with Crippen molar-refractivity contribution < 1.29 is 52.4 Å². The quantitative estimate of drug-likeness (QED) is 0.141. The monoisotopic (exact) mass is 802 g/mol. The van der Waals surface area contributed by atoms with Crippen LogP contribution in [-0.2, 0) is 52.4 Å². The summed E-state index contributed by atoms with van der Waals surface area (Å²) in [4.78, 5) is 0. The maximum atomic E-state index is 2.99. The van der Waals surface area contributed by atoms with Crippen LogP contribution in [0.15, 0.2) is 164 Å². The van der Waals surface area contributed by atoms with Crippen molar-refractivity contribution >= 4 is 33.2 Å². The smallest absolute Gasteiger partial charge is 0.358 e. The largest absolute Gasteiger partial charge is 3.00 e. The van der Waals surface area contributed by atoms with E-state index in [1.165, 1.54) is 15.6 Å². The predicted octanol–water partition coefficient (Wildman–Crippen LogP) is 9.69. The van der Waals surface area contributed by atoms with E-state index in [2.05, 4.69) is 159 Å². The summed E-state index contributed by atoms with van der Waals surface area (Å²) < 4.78 is 0. The molecule has 0 saturated carbocycles. The topological polar surface area (TPSA) is 0 Å². The van der Waals surface area contributed by atoms with E-state index in [1.54, 1.807) is 0 Å². The van der Waals surface area contributed by atoms with E-state index >= 15 is 0 Å². The first-order valence-corrected chi connectivity index (χ1v) is 19.4. The first kappa shape index (κ1) is 49.2. The summed E-state index contributed by atoms with van der Waals surface area (Å²) in [6.07, 6.45) is 40.0. The number of allylic oxidation sites excluding steroid dienone is 16. The van der Waals surface area contributed by atoms with E-state index in [1.807, 2.05) is 48.6 Å². The van der Waals surface area contributed by atoms with Crippen molar-refractivity contribution in [1.29, 1.82) is 0 Å². The van der Waals surface area contributed by atoms with Gasteiger partial charge in [-0.05, 0) is 0 Å². The van der Waals surface area contributed by atoms with Gasteiger partial charge in [-0.2, -0.15) is 24.3 Å². The zero-order chi connectivity index (χ0) is 30.6. The summed E-state index contributed by atoms with van der Waals surface area (Å²) in [5.74, 6) is 0. The van der Waals surface area contributed by atoms with Gasteiger partial charge in [-0.25, -0.2) is 48.6 Å². The molecule has 0 heterocycles. The number of benzene rings is 3. The first-order valence-electron chi connectivity index (χ1n) is 14.9. The van der Waals surface area contributed by atoms with Crippen molar-refractivity contribution in [2.24, 2.45) is 0 Å². The third-order valence-electron chi connectivity index (χ3n) is 5.53. The Morgan fingerprint density at radius 3 is 0.745 bits per heavy atom. The Hall–Kier alpha value is -2.22. The van der Waals surface area contributed by atoms with Crippen molar-refractivity contribution in [3.63, 3.8) is 0 Å². The van der Waals surface area contributed by atoms with E-state index in [4.69, 9.17) is 0 Å². The molecule has 238 valence electrons. The van der Waals surface area contributed by atoms with E-state index in [9.17, 15) is 0 Å². The molecule has 3 aromatic carbocycles. The van der Waals surface area contributed by atoms with Crippen LogP contribution in [0.25, 0.3) is 0 Å². The van der Waals surface area contributed by atoms with Gasteiger partial charge in [-0.15, -0.1) is 25.7 Å². The van der Waals surface area contributed by atoms with Gasteiger partial charge in [0.1, 0.15) is 0 Å². The minimum absolute atomic E-state index is 0. The van der Waals surface area contributed by atoms with Gasteiger partial charge in [0, 0.05) is 8.80 Å².